The molecule has 2 aliphatic carbocycles. The number of hydrogen-bond acceptors (Lipinski definition) is 3. The van der Waals surface area contributed by atoms with Gasteiger partial charge < -0.3 is 0 Å². The maximum absolute atomic E-state index is 5.28. The summed E-state index contributed by atoms with van der Waals surface area (Å²) in [6, 6.07) is 65.8. The molecule has 0 bridgehead atoms. The van der Waals surface area contributed by atoms with Gasteiger partial charge in [-0.2, -0.15) is 0 Å². The summed E-state index contributed by atoms with van der Waals surface area (Å²) in [6.07, 6.45) is 1.90. The number of hydrogen-bond donors (Lipinski definition) is 0. The van der Waals surface area contributed by atoms with E-state index in [2.05, 4.69) is 189 Å². The van der Waals surface area contributed by atoms with Crippen molar-refractivity contribution < 1.29 is 0 Å². The minimum atomic E-state index is -0.444. The zero-order valence-corrected chi connectivity index (χ0v) is 31.7. The van der Waals surface area contributed by atoms with E-state index < -0.39 is 5.41 Å². The Labute approximate surface area is 333 Å². The van der Waals surface area contributed by atoms with Crippen molar-refractivity contribution in [2.75, 3.05) is 0 Å². The van der Waals surface area contributed by atoms with Gasteiger partial charge in [-0.1, -0.05) is 158 Å². The van der Waals surface area contributed by atoms with Crippen molar-refractivity contribution in [3.05, 3.63) is 222 Å². The summed E-state index contributed by atoms with van der Waals surface area (Å²) < 4.78 is 0. The van der Waals surface area contributed by atoms with E-state index in [9.17, 15) is 0 Å². The summed E-state index contributed by atoms with van der Waals surface area (Å²) in [4.78, 5) is 15.1. The normalized spacial score (nSPS) is 14.6. The third-order valence-corrected chi connectivity index (χ3v) is 12.1. The maximum atomic E-state index is 5.28. The zero-order valence-electron chi connectivity index (χ0n) is 31.7. The first-order valence-electron chi connectivity index (χ1n) is 19.6. The van der Waals surface area contributed by atoms with Crippen molar-refractivity contribution in [3.8, 4) is 78.4 Å². The third-order valence-electron chi connectivity index (χ3n) is 12.1. The molecule has 1 unspecified atom stereocenters. The fourth-order valence-electron chi connectivity index (χ4n) is 9.52. The van der Waals surface area contributed by atoms with Crippen LogP contribution in [0.15, 0.2) is 188 Å². The molecule has 2 heterocycles. The van der Waals surface area contributed by atoms with Gasteiger partial charge in [-0.05, 0) is 105 Å². The molecular weight excluding hydrogens is 691 g/mol. The lowest BCUT2D eigenvalue weighted by Crippen LogP contribution is -2.25. The number of fused-ring (bicyclic) bond motifs is 10. The second-order valence-corrected chi connectivity index (χ2v) is 15.2. The third kappa shape index (κ3) is 5.09. The molecule has 9 aromatic rings. The van der Waals surface area contributed by atoms with E-state index in [1.165, 1.54) is 72.3 Å². The molecule has 2 aliphatic rings. The van der Waals surface area contributed by atoms with E-state index in [0.717, 1.165) is 33.8 Å². The lowest BCUT2D eigenvalue weighted by atomic mass is 9.70. The average molecular weight is 728 g/mol. The number of rotatable bonds is 5. The van der Waals surface area contributed by atoms with Crippen LogP contribution in [0.4, 0.5) is 0 Å². The summed E-state index contributed by atoms with van der Waals surface area (Å²) in [7, 11) is 0. The number of aryl methyl sites for hydroxylation is 2. The molecule has 11 rings (SSSR count). The highest BCUT2D eigenvalue weighted by atomic mass is 14.9. The minimum absolute atomic E-state index is 0.444. The number of aromatic nitrogens is 3. The van der Waals surface area contributed by atoms with Gasteiger partial charge in [0.1, 0.15) is 0 Å². The molecular formula is C54H37N3. The highest BCUT2D eigenvalue weighted by Gasteiger charge is 2.51. The van der Waals surface area contributed by atoms with E-state index in [-0.39, 0.29) is 0 Å². The lowest BCUT2D eigenvalue weighted by Gasteiger charge is -2.30. The molecule has 0 fully saturated rings. The average Bonchev–Trinajstić information content (AvgIpc) is 3.73. The molecule has 57 heavy (non-hydrogen) atoms. The van der Waals surface area contributed by atoms with Gasteiger partial charge in [0.15, 0.2) is 5.82 Å². The van der Waals surface area contributed by atoms with Crippen LogP contribution in [0.1, 0.15) is 33.5 Å². The Morgan fingerprint density at radius 1 is 0.368 bits per heavy atom. The van der Waals surface area contributed by atoms with Gasteiger partial charge in [-0.3, -0.25) is 4.98 Å². The van der Waals surface area contributed by atoms with Crippen molar-refractivity contribution in [2.45, 2.75) is 19.3 Å². The first-order valence-corrected chi connectivity index (χ1v) is 19.6. The van der Waals surface area contributed by atoms with Crippen LogP contribution < -0.4 is 0 Å². The molecule has 0 N–H and O–H groups in total. The molecule has 0 saturated carbocycles. The van der Waals surface area contributed by atoms with Crippen molar-refractivity contribution in [2.24, 2.45) is 0 Å². The Balaban J connectivity index is 1.09. The van der Waals surface area contributed by atoms with Crippen molar-refractivity contribution >= 4 is 0 Å². The molecule has 3 heteroatoms. The Kier molecular flexibility index (Phi) is 7.52. The zero-order chi connectivity index (χ0) is 38.1. The fraction of sp³-hybridized carbons (Fsp3) is 0.0556. The minimum Gasteiger partial charge on any atom is -0.261 e. The van der Waals surface area contributed by atoms with Crippen molar-refractivity contribution in [3.63, 3.8) is 0 Å². The maximum Gasteiger partial charge on any atom is 0.160 e. The summed E-state index contributed by atoms with van der Waals surface area (Å²) in [5, 5.41) is 0. The van der Waals surface area contributed by atoms with Gasteiger partial charge in [0.25, 0.3) is 0 Å². The predicted molar refractivity (Wildman–Crippen MR) is 233 cm³/mol. The molecule has 268 valence electrons. The number of nitrogens with zero attached hydrogens (tertiary/aromatic N) is 3. The van der Waals surface area contributed by atoms with Gasteiger partial charge in [0.05, 0.1) is 16.8 Å². The van der Waals surface area contributed by atoms with Gasteiger partial charge in [-0.15, -0.1) is 0 Å². The monoisotopic (exact) mass is 727 g/mol. The fourth-order valence-corrected chi connectivity index (χ4v) is 9.52. The Morgan fingerprint density at radius 2 is 0.842 bits per heavy atom. The summed E-state index contributed by atoms with van der Waals surface area (Å²) >= 11 is 0. The standard InChI is InChI=1S/C54H37N3/c1-34-29-30-55-35(2)52(34)41-26-28-49-45(32-41)43-18-10-12-20-47(43)54(49)46-19-11-9-17-42(46)44-31-40(25-27-48(44)54)51-33-50(38-15-7-4-8-16-38)56-53(57-51)39-23-21-37(22-24-39)36-13-5-3-6-14-36/h3-33H,1-2H3. The van der Waals surface area contributed by atoms with E-state index in [4.69, 9.17) is 9.97 Å². The molecule has 1 atom stereocenters. The van der Waals surface area contributed by atoms with Crippen LogP contribution in [-0.4, -0.2) is 15.0 Å². The highest BCUT2D eigenvalue weighted by molar-refractivity contribution is 5.97. The smallest absolute Gasteiger partial charge is 0.160 e. The van der Waals surface area contributed by atoms with Crippen molar-refractivity contribution in [1.82, 2.24) is 15.0 Å². The van der Waals surface area contributed by atoms with Gasteiger partial charge >= 0.3 is 0 Å². The number of benzene rings is 7. The molecule has 2 aromatic heterocycles. The van der Waals surface area contributed by atoms with Crippen LogP contribution >= 0.6 is 0 Å². The van der Waals surface area contributed by atoms with E-state index >= 15 is 0 Å². The van der Waals surface area contributed by atoms with Crippen molar-refractivity contribution in [1.29, 1.82) is 0 Å². The van der Waals surface area contributed by atoms with Crippen LogP contribution in [0.5, 0.6) is 0 Å². The topological polar surface area (TPSA) is 38.7 Å². The van der Waals surface area contributed by atoms with Crippen LogP contribution in [0, 0.1) is 13.8 Å². The molecule has 1 spiro atoms. The predicted octanol–water partition coefficient (Wildman–Crippen LogP) is 13.2. The van der Waals surface area contributed by atoms with Gasteiger partial charge in [0.2, 0.25) is 0 Å². The van der Waals surface area contributed by atoms with E-state index in [0.29, 0.717) is 5.82 Å². The second kappa shape index (κ2) is 12.9. The van der Waals surface area contributed by atoms with Crippen LogP contribution in [0.25, 0.3) is 78.4 Å². The summed E-state index contributed by atoms with van der Waals surface area (Å²) in [5.41, 5.74) is 21.8. The van der Waals surface area contributed by atoms with Gasteiger partial charge in [-0.25, -0.2) is 9.97 Å². The summed E-state index contributed by atoms with van der Waals surface area (Å²) in [6.45, 7) is 4.29. The molecule has 7 aromatic carbocycles. The quantitative estimate of drug-likeness (QED) is 0.177. The highest BCUT2D eigenvalue weighted by Crippen LogP contribution is 2.63. The Bertz CT molecular complexity index is 3000. The SMILES string of the molecule is Cc1ccnc(C)c1-c1ccc2c(c1)-c1ccccc1C21c2ccccc2-c2cc(-c3cc(-c4ccccc4)nc(-c4ccc(-c5ccccc5)cc4)n3)ccc21. The summed E-state index contributed by atoms with van der Waals surface area (Å²) in [5.74, 6) is 0.705. The second-order valence-electron chi connectivity index (χ2n) is 15.2. The lowest BCUT2D eigenvalue weighted by molar-refractivity contribution is 0.794. The first kappa shape index (κ1) is 33.1. The molecule has 3 nitrogen and oxygen atoms in total. The molecule has 0 saturated heterocycles. The number of pyridine rings is 1. The van der Waals surface area contributed by atoms with Crippen LogP contribution in [0.2, 0.25) is 0 Å². The van der Waals surface area contributed by atoms with Crippen LogP contribution in [-0.2, 0) is 5.41 Å². The largest absolute Gasteiger partial charge is 0.261 e. The van der Waals surface area contributed by atoms with Gasteiger partial charge in [0, 0.05) is 34.1 Å². The van der Waals surface area contributed by atoms with E-state index in [1.807, 2.05) is 18.3 Å². The Morgan fingerprint density at radius 3 is 1.47 bits per heavy atom. The molecule has 0 radical (unpaired) electrons. The van der Waals surface area contributed by atoms with Crippen LogP contribution in [0.3, 0.4) is 0 Å². The van der Waals surface area contributed by atoms with E-state index in [1.54, 1.807) is 0 Å². The molecule has 0 amide bonds. The molecule has 0 aliphatic heterocycles. The first-order chi connectivity index (χ1) is 28.1. The Hall–Kier alpha value is -7.23.